The van der Waals surface area contributed by atoms with E-state index in [0.29, 0.717) is 12.0 Å². The van der Waals surface area contributed by atoms with Gasteiger partial charge in [0.1, 0.15) is 0 Å². The van der Waals surface area contributed by atoms with Gasteiger partial charge in [-0.25, -0.2) is 0 Å². The number of amides is 1. The molecule has 1 aliphatic rings. The third-order valence-electron chi connectivity index (χ3n) is 5.45. The van der Waals surface area contributed by atoms with Crippen LogP contribution in [0.4, 0.5) is 5.69 Å². The number of anilines is 1. The van der Waals surface area contributed by atoms with Gasteiger partial charge in [0, 0.05) is 24.2 Å². The predicted molar refractivity (Wildman–Crippen MR) is 112 cm³/mol. The Labute approximate surface area is 171 Å². The van der Waals surface area contributed by atoms with Gasteiger partial charge in [0.2, 0.25) is 11.7 Å². The van der Waals surface area contributed by atoms with Gasteiger partial charge in [-0.05, 0) is 74.6 Å². The zero-order valence-electron chi connectivity index (χ0n) is 17.5. The number of nitrogens with zero attached hydrogens (tertiary/aromatic N) is 1. The molecular weight excluding hydrogens is 366 g/mol. The zero-order valence-corrected chi connectivity index (χ0v) is 17.5. The maximum Gasteiger partial charge on any atom is 0.310 e. The number of esters is 1. The number of ether oxygens (including phenoxy) is 1. The average molecular weight is 393 g/mol. The van der Waals surface area contributed by atoms with Crippen LogP contribution in [0.5, 0.6) is 0 Å². The highest BCUT2D eigenvalue weighted by molar-refractivity contribution is 6.01. The molecule has 1 fully saturated rings. The lowest BCUT2D eigenvalue weighted by Crippen LogP contribution is -2.26. The summed E-state index contributed by atoms with van der Waals surface area (Å²) in [6.45, 7) is 8.20. The molecule has 2 aromatic rings. The molecule has 1 amide bonds. The number of aryl methyl sites for hydroxylation is 3. The molecule has 0 aliphatic carbocycles. The monoisotopic (exact) mass is 393 g/mol. The Morgan fingerprint density at radius 1 is 1.03 bits per heavy atom. The van der Waals surface area contributed by atoms with Crippen molar-refractivity contribution in [2.75, 3.05) is 11.4 Å². The third kappa shape index (κ3) is 4.73. The van der Waals surface area contributed by atoms with Crippen molar-refractivity contribution in [3.8, 4) is 0 Å². The van der Waals surface area contributed by atoms with Crippen LogP contribution in [0.1, 0.15) is 52.4 Å². The lowest BCUT2D eigenvalue weighted by atomic mass is 9.96. The van der Waals surface area contributed by atoms with Gasteiger partial charge in [0.05, 0.1) is 6.42 Å². The molecule has 152 valence electrons. The quantitative estimate of drug-likeness (QED) is 0.548. The van der Waals surface area contributed by atoms with Crippen molar-refractivity contribution in [1.29, 1.82) is 0 Å². The second-order valence-electron chi connectivity index (χ2n) is 7.74. The summed E-state index contributed by atoms with van der Waals surface area (Å²) in [5.41, 5.74) is 5.27. The molecule has 5 nitrogen and oxygen atoms in total. The van der Waals surface area contributed by atoms with Crippen molar-refractivity contribution in [1.82, 2.24) is 0 Å². The summed E-state index contributed by atoms with van der Waals surface area (Å²) in [7, 11) is 0. The fourth-order valence-corrected chi connectivity index (χ4v) is 3.62. The number of carbonyl (C=O) groups is 3. The van der Waals surface area contributed by atoms with Crippen molar-refractivity contribution in [2.45, 2.75) is 53.1 Å². The first kappa shape index (κ1) is 20.8. The van der Waals surface area contributed by atoms with Crippen LogP contribution in [-0.4, -0.2) is 30.3 Å². The Balaban J connectivity index is 1.61. The zero-order chi connectivity index (χ0) is 21.1. The molecule has 1 atom stereocenters. The first-order chi connectivity index (χ1) is 13.8. The lowest BCUT2D eigenvalue weighted by Gasteiger charge is -2.17. The molecule has 0 radical (unpaired) electrons. The van der Waals surface area contributed by atoms with Crippen LogP contribution in [0.2, 0.25) is 0 Å². The predicted octanol–water partition coefficient (Wildman–Crippen LogP) is 4.10. The fourth-order valence-electron chi connectivity index (χ4n) is 3.62. The van der Waals surface area contributed by atoms with Crippen molar-refractivity contribution in [2.24, 2.45) is 0 Å². The Kier molecular flexibility index (Phi) is 6.16. The fraction of sp³-hybridized carbons (Fsp3) is 0.375. The molecular formula is C24H27NO4. The van der Waals surface area contributed by atoms with Crippen molar-refractivity contribution in [3.63, 3.8) is 0 Å². The second-order valence-corrected chi connectivity index (χ2v) is 7.74. The first-order valence-corrected chi connectivity index (χ1v) is 9.97. The van der Waals surface area contributed by atoms with Gasteiger partial charge >= 0.3 is 5.97 Å². The van der Waals surface area contributed by atoms with E-state index in [2.05, 4.69) is 0 Å². The van der Waals surface area contributed by atoms with E-state index in [4.69, 9.17) is 4.74 Å². The van der Waals surface area contributed by atoms with E-state index in [1.807, 2.05) is 57.2 Å². The summed E-state index contributed by atoms with van der Waals surface area (Å²) in [4.78, 5) is 38.6. The van der Waals surface area contributed by atoms with Crippen molar-refractivity contribution in [3.05, 3.63) is 64.2 Å². The normalized spacial score (nSPS) is 14.8. The van der Waals surface area contributed by atoms with E-state index in [9.17, 15) is 14.4 Å². The number of rotatable bonds is 6. The Morgan fingerprint density at radius 2 is 1.69 bits per heavy atom. The highest BCUT2D eigenvalue weighted by Gasteiger charge is 2.23. The molecule has 1 unspecified atom stereocenters. The molecule has 1 aliphatic heterocycles. The molecule has 0 aromatic heterocycles. The second kappa shape index (κ2) is 8.60. The Morgan fingerprint density at radius 3 is 2.31 bits per heavy atom. The highest BCUT2D eigenvalue weighted by atomic mass is 16.5. The van der Waals surface area contributed by atoms with Gasteiger partial charge in [-0.1, -0.05) is 18.2 Å². The number of benzene rings is 2. The van der Waals surface area contributed by atoms with E-state index in [1.165, 1.54) is 0 Å². The van der Waals surface area contributed by atoms with Crippen LogP contribution in [0.25, 0.3) is 0 Å². The molecule has 0 bridgehead atoms. The summed E-state index contributed by atoms with van der Waals surface area (Å²) < 4.78 is 5.39. The van der Waals surface area contributed by atoms with Gasteiger partial charge in [0.25, 0.3) is 0 Å². The highest BCUT2D eigenvalue weighted by Crippen LogP contribution is 2.22. The molecule has 3 rings (SSSR count). The SMILES string of the molecule is Cc1cc(C)c(C(=O)C(C)OC(=O)Cc2ccc(N3CCCC3=O)cc2)cc1C. The molecule has 29 heavy (non-hydrogen) atoms. The van der Waals surface area contributed by atoms with Gasteiger partial charge in [0.15, 0.2) is 6.10 Å². The number of ketones is 1. The van der Waals surface area contributed by atoms with Crippen molar-refractivity contribution < 1.29 is 19.1 Å². The molecule has 0 saturated carbocycles. The lowest BCUT2D eigenvalue weighted by molar-refractivity contribution is -0.145. The summed E-state index contributed by atoms with van der Waals surface area (Å²) >= 11 is 0. The van der Waals surface area contributed by atoms with Crippen LogP contribution in [0.15, 0.2) is 36.4 Å². The minimum Gasteiger partial charge on any atom is -0.454 e. The van der Waals surface area contributed by atoms with E-state index in [-0.39, 0.29) is 18.1 Å². The van der Waals surface area contributed by atoms with E-state index in [0.717, 1.165) is 40.9 Å². The summed E-state index contributed by atoms with van der Waals surface area (Å²) in [5.74, 6) is -0.509. The number of hydrogen-bond acceptors (Lipinski definition) is 4. The minimum atomic E-state index is -0.843. The number of Topliss-reactive ketones (excluding diaryl/α,β-unsaturated/α-hetero) is 1. The van der Waals surface area contributed by atoms with Crippen LogP contribution in [-0.2, 0) is 20.7 Å². The molecule has 1 heterocycles. The maximum atomic E-state index is 12.7. The summed E-state index contributed by atoms with van der Waals surface area (Å²) in [5, 5.41) is 0. The molecule has 2 aromatic carbocycles. The van der Waals surface area contributed by atoms with Crippen LogP contribution < -0.4 is 4.90 Å². The maximum absolute atomic E-state index is 12.7. The van der Waals surface area contributed by atoms with Crippen LogP contribution >= 0.6 is 0 Å². The molecule has 1 saturated heterocycles. The summed E-state index contributed by atoms with van der Waals surface area (Å²) in [6, 6.07) is 11.2. The number of hydrogen-bond donors (Lipinski definition) is 0. The Bertz CT molecular complexity index is 946. The average Bonchev–Trinajstić information content (AvgIpc) is 3.10. The van der Waals surface area contributed by atoms with Gasteiger partial charge in [-0.2, -0.15) is 0 Å². The van der Waals surface area contributed by atoms with Crippen LogP contribution in [0.3, 0.4) is 0 Å². The minimum absolute atomic E-state index is 0.0811. The first-order valence-electron chi connectivity index (χ1n) is 9.97. The third-order valence-corrected chi connectivity index (χ3v) is 5.45. The molecule has 0 N–H and O–H groups in total. The van der Waals surface area contributed by atoms with E-state index < -0.39 is 12.1 Å². The van der Waals surface area contributed by atoms with Crippen LogP contribution in [0, 0.1) is 20.8 Å². The number of carbonyl (C=O) groups excluding carboxylic acids is 3. The standard InChI is InChI=1S/C24H27NO4/c1-15-12-17(3)21(13-16(15)2)24(28)18(4)29-23(27)14-19-7-9-20(10-8-19)25-11-5-6-22(25)26/h7-10,12-13,18H,5-6,11,14H2,1-4H3. The molecule has 0 spiro atoms. The topological polar surface area (TPSA) is 63.7 Å². The van der Waals surface area contributed by atoms with Gasteiger partial charge in [-0.3, -0.25) is 14.4 Å². The molecule has 5 heteroatoms. The van der Waals surface area contributed by atoms with Crippen molar-refractivity contribution >= 4 is 23.3 Å². The summed E-state index contributed by atoms with van der Waals surface area (Å²) in [6.07, 6.45) is 0.695. The largest absolute Gasteiger partial charge is 0.454 e. The Hall–Kier alpha value is -2.95. The van der Waals surface area contributed by atoms with Gasteiger partial charge in [-0.15, -0.1) is 0 Å². The smallest absolute Gasteiger partial charge is 0.310 e. The van der Waals surface area contributed by atoms with E-state index >= 15 is 0 Å². The van der Waals surface area contributed by atoms with Gasteiger partial charge < -0.3 is 9.64 Å². The van der Waals surface area contributed by atoms with E-state index in [1.54, 1.807) is 11.8 Å².